The zero-order valence-corrected chi connectivity index (χ0v) is 17.8. The Morgan fingerprint density at radius 3 is 2.48 bits per heavy atom. The van der Waals surface area contributed by atoms with E-state index in [-0.39, 0.29) is 12.1 Å². The quantitative estimate of drug-likeness (QED) is 0.443. The molecule has 2 heterocycles. The number of aromatic nitrogens is 4. The maximum atomic E-state index is 12.4. The van der Waals surface area contributed by atoms with Gasteiger partial charge < -0.3 is 16.4 Å². The summed E-state index contributed by atoms with van der Waals surface area (Å²) >= 11 is 0. The van der Waals surface area contributed by atoms with E-state index in [0.717, 1.165) is 33.5 Å². The van der Waals surface area contributed by atoms with Gasteiger partial charge in [-0.05, 0) is 56.2 Å². The van der Waals surface area contributed by atoms with Gasteiger partial charge in [0.25, 0.3) is 0 Å². The summed E-state index contributed by atoms with van der Waals surface area (Å²) < 4.78 is 1.86. The molecule has 0 saturated heterocycles. The lowest BCUT2D eigenvalue weighted by Crippen LogP contribution is -2.19. The van der Waals surface area contributed by atoms with Gasteiger partial charge in [-0.3, -0.25) is 0 Å². The number of nitrogens with two attached hydrogens (primary N) is 1. The number of nitrogen functional groups attached to an aromatic ring is 1. The van der Waals surface area contributed by atoms with Crippen LogP contribution in [0.3, 0.4) is 0 Å². The Kier molecular flexibility index (Phi) is 5.53. The van der Waals surface area contributed by atoms with Crippen LogP contribution in [0.1, 0.15) is 36.7 Å². The molecule has 2 aromatic heterocycles. The van der Waals surface area contributed by atoms with E-state index >= 15 is 0 Å². The van der Waals surface area contributed by atoms with Crippen molar-refractivity contribution in [3.05, 3.63) is 71.7 Å². The molecule has 0 atom stereocenters. The van der Waals surface area contributed by atoms with Crippen LogP contribution in [0.2, 0.25) is 0 Å². The minimum Gasteiger partial charge on any atom is -0.383 e. The van der Waals surface area contributed by atoms with Crippen molar-refractivity contribution in [1.29, 1.82) is 0 Å². The molecule has 0 saturated carbocycles. The molecule has 0 bridgehead atoms. The molecule has 4 N–H and O–H groups in total. The highest BCUT2D eigenvalue weighted by molar-refractivity contribution is 5.99. The highest BCUT2D eigenvalue weighted by atomic mass is 16.2. The Balaban J connectivity index is 1.55. The van der Waals surface area contributed by atoms with Crippen molar-refractivity contribution >= 4 is 34.3 Å². The highest BCUT2D eigenvalue weighted by Crippen LogP contribution is 2.26. The Labute approximate surface area is 180 Å². The Hall–Kier alpha value is -3.94. The molecule has 2 aromatic carbocycles. The van der Waals surface area contributed by atoms with E-state index in [1.54, 1.807) is 0 Å². The monoisotopic (exact) mass is 415 g/mol. The summed E-state index contributed by atoms with van der Waals surface area (Å²) in [6.07, 6.45) is 2.00. The molecule has 0 aliphatic heterocycles. The minimum absolute atomic E-state index is 0.142. The van der Waals surface area contributed by atoms with E-state index in [1.807, 2.05) is 74.0 Å². The van der Waals surface area contributed by atoms with Gasteiger partial charge in [0.1, 0.15) is 12.1 Å². The molecule has 0 spiro atoms. The SMILES string of the molecule is Cc1cccc(NC(=O)Nc2cccc(Cc3nn(C(C)C)c4ncnc(N)c34)c2)c1. The number of benzene rings is 2. The van der Waals surface area contributed by atoms with Crippen LogP contribution in [0.5, 0.6) is 0 Å². The first-order valence-corrected chi connectivity index (χ1v) is 10.1. The summed E-state index contributed by atoms with van der Waals surface area (Å²) in [7, 11) is 0. The largest absolute Gasteiger partial charge is 0.383 e. The molecule has 0 aliphatic carbocycles. The van der Waals surface area contributed by atoms with E-state index in [1.165, 1.54) is 6.33 Å². The van der Waals surface area contributed by atoms with Crippen molar-refractivity contribution in [2.45, 2.75) is 33.2 Å². The maximum absolute atomic E-state index is 12.4. The van der Waals surface area contributed by atoms with Gasteiger partial charge in [-0.25, -0.2) is 19.4 Å². The summed E-state index contributed by atoms with van der Waals surface area (Å²) in [6.45, 7) is 6.08. The van der Waals surface area contributed by atoms with Crippen LogP contribution in [-0.4, -0.2) is 25.8 Å². The van der Waals surface area contributed by atoms with Crippen LogP contribution in [-0.2, 0) is 6.42 Å². The third-order valence-corrected chi connectivity index (χ3v) is 4.91. The smallest absolute Gasteiger partial charge is 0.323 e. The van der Waals surface area contributed by atoms with Crippen LogP contribution in [0, 0.1) is 6.92 Å². The van der Waals surface area contributed by atoms with Gasteiger partial charge in [-0.1, -0.05) is 24.3 Å². The third kappa shape index (κ3) is 4.48. The molecule has 2 amide bonds. The molecule has 0 fully saturated rings. The van der Waals surface area contributed by atoms with Crippen LogP contribution in [0.25, 0.3) is 11.0 Å². The molecule has 0 aliphatic rings. The predicted octanol–water partition coefficient (Wildman–Crippen LogP) is 4.53. The fraction of sp³-hybridized carbons (Fsp3) is 0.217. The molecular formula is C23H25N7O. The second-order valence-electron chi connectivity index (χ2n) is 7.77. The number of urea groups is 1. The fourth-order valence-electron chi connectivity index (χ4n) is 3.52. The van der Waals surface area contributed by atoms with Gasteiger partial charge >= 0.3 is 6.03 Å². The number of rotatable bonds is 5. The first kappa shape index (κ1) is 20.3. The maximum Gasteiger partial charge on any atom is 0.323 e. The van der Waals surface area contributed by atoms with Crippen molar-refractivity contribution in [3.8, 4) is 0 Å². The van der Waals surface area contributed by atoms with Gasteiger partial charge in [0.05, 0.1) is 11.1 Å². The molecule has 4 rings (SSSR count). The van der Waals surface area contributed by atoms with Crippen molar-refractivity contribution in [1.82, 2.24) is 19.7 Å². The fourth-order valence-corrected chi connectivity index (χ4v) is 3.52. The number of fused-ring (bicyclic) bond motifs is 1. The van der Waals surface area contributed by atoms with Crippen LogP contribution >= 0.6 is 0 Å². The molecule has 0 radical (unpaired) electrons. The van der Waals surface area contributed by atoms with Gasteiger partial charge in [-0.2, -0.15) is 5.10 Å². The third-order valence-electron chi connectivity index (χ3n) is 4.91. The van der Waals surface area contributed by atoms with Crippen LogP contribution in [0.4, 0.5) is 22.0 Å². The molecule has 31 heavy (non-hydrogen) atoms. The molecule has 8 heteroatoms. The Morgan fingerprint density at radius 1 is 1.06 bits per heavy atom. The second kappa shape index (κ2) is 8.43. The van der Waals surface area contributed by atoms with Crippen molar-refractivity contribution in [2.24, 2.45) is 0 Å². The molecular weight excluding hydrogens is 390 g/mol. The highest BCUT2D eigenvalue weighted by Gasteiger charge is 2.17. The summed E-state index contributed by atoms with van der Waals surface area (Å²) in [5.74, 6) is 0.415. The lowest BCUT2D eigenvalue weighted by molar-refractivity contribution is 0.262. The van der Waals surface area contributed by atoms with Crippen molar-refractivity contribution < 1.29 is 4.79 Å². The Bertz CT molecular complexity index is 1250. The Morgan fingerprint density at radius 2 is 1.77 bits per heavy atom. The average Bonchev–Trinajstić information content (AvgIpc) is 3.08. The van der Waals surface area contributed by atoms with E-state index in [2.05, 4.69) is 20.6 Å². The first-order valence-electron chi connectivity index (χ1n) is 10.1. The van der Waals surface area contributed by atoms with E-state index in [4.69, 9.17) is 10.8 Å². The second-order valence-corrected chi connectivity index (χ2v) is 7.77. The zero-order chi connectivity index (χ0) is 22.0. The molecule has 0 unspecified atom stereocenters. The average molecular weight is 416 g/mol. The van der Waals surface area contributed by atoms with Crippen molar-refractivity contribution in [3.63, 3.8) is 0 Å². The van der Waals surface area contributed by atoms with E-state index in [0.29, 0.717) is 17.9 Å². The number of nitrogens with zero attached hydrogens (tertiary/aromatic N) is 4. The summed E-state index contributed by atoms with van der Waals surface area (Å²) in [4.78, 5) is 20.9. The van der Waals surface area contributed by atoms with Gasteiger partial charge in [0.2, 0.25) is 0 Å². The van der Waals surface area contributed by atoms with Crippen LogP contribution in [0.15, 0.2) is 54.9 Å². The number of hydrogen-bond acceptors (Lipinski definition) is 5. The zero-order valence-electron chi connectivity index (χ0n) is 17.8. The van der Waals surface area contributed by atoms with Crippen molar-refractivity contribution in [2.75, 3.05) is 16.4 Å². The summed E-state index contributed by atoms with van der Waals surface area (Å²) in [5, 5.41) is 11.2. The first-order chi connectivity index (χ1) is 14.9. The summed E-state index contributed by atoms with van der Waals surface area (Å²) in [6, 6.07) is 15.2. The number of aryl methyl sites for hydroxylation is 1. The molecule has 4 aromatic rings. The van der Waals surface area contributed by atoms with Gasteiger partial charge in [0.15, 0.2) is 5.65 Å². The van der Waals surface area contributed by atoms with E-state index in [9.17, 15) is 4.79 Å². The predicted molar refractivity (Wildman–Crippen MR) is 123 cm³/mol. The number of amides is 2. The minimum atomic E-state index is -0.296. The molecule has 8 nitrogen and oxygen atoms in total. The number of carbonyl (C=O) groups is 1. The number of nitrogens with one attached hydrogen (secondary N) is 2. The van der Waals surface area contributed by atoms with Crippen LogP contribution < -0.4 is 16.4 Å². The normalized spacial score (nSPS) is 11.1. The van der Waals surface area contributed by atoms with E-state index < -0.39 is 0 Å². The standard InChI is InChI=1S/C23H25N7O/c1-14(2)30-22-20(21(24)25-13-26-22)19(29-30)12-16-7-5-9-18(11-16)28-23(31)27-17-8-4-6-15(3)10-17/h4-11,13-14H,12H2,1-3H3,(H2,24,25,26)(H2,27,28,31). The lowest BCUT2D eigenvalue weighted by atomic mass is 10.1. The van der Waals surface area contributed by atoms with Gasteiger partial charge in [-0.15, -0.1) is 0 Å². The topological polar surface area (TPSA) is 111 Å². The lowest BCUT2D eigenvalue weighted by Gasteiger charge is -2.09. The number of carbonyl (C=O) groups excluding carboxylic acids is 1. The summed E-state index contributed by atoms with van der Waals surface area (Å²) in [5.41, 5.74) is 11.2. The molecule has 158 valence electrons. The van der Waals surface area contributed by atoms with Gasteiger partial charge in [0, 0.05) is 23.8 Å². The number of anilines is 3. The number of hydrogen-bond donors (Lipinski definition) is 3.